The lowest BCUT2D eigenvalue weighted by Crippen LogP contribution is -2.08. The highest BCUT2D eigenvalue weighted by molar-refractivity contribution is 7.71. The Morgan fingerprint density at radius 3 is 2.69 bits per heavy atom. The van der Waals surface area contributed by atoms with Crippen molar-refractivity contribution in [3.8, 4) is 0 Å². The Kier molecular flexibility index (Phi) is 3.72. The molecule has 74 valence electrons. The first-order chi connectivity index (χ1) is 6.15. The molecule has 0 saturated carbocycles. The largest absolute Gasteiger partial charge is 0.337 e. The maximum atomic E-state index is 5.16. The van der Waals surface area contributed by atoms with Crippen LogP contribution >= 0.6 is 12.2 Å². The van der Waals surface area contributed by atoms with Crippen LogP contribution in [0, 0.1) is 10.7 Å². The normalized spacial score (nSPS) is 15.6. The highest BCUT2D eigenvalue weighted by Gasteiger charge is 2.08. The topological polar surface area (TPSA) is 20.7 Å². The summed E-state index contributed by atoms with van der Waals surface area (Å²) < 4.78 is 2.96. The van der Waals surface area contributed by atoms with Gasteiger partial charge in [0.1, 0.15) is 0 Å². The average Bonchev–Trinajstić information content (AvgIpc) is 2.51. The van der Waals surface area contributed by atoms with Crippen LogP contribution < -0.4 is 0 Å². The molecule has 0 spiro atoms. The van der Waals surface area contributed by atoms with E-state index >= 15 is 0 Å². The minimum atomic E-state index is 0.508. The lowest BCUT2D eigenvalue weighted by atomic mass is 10.0. The highest BCUT2D eigenvalue weighted by atomic mass is 32.1. The fraction of sp³-hybridized carbons (Fsp3) is 0.700. The van der Waals surface area contributed by atoms with Crippen molar-refractivity contribution in [2.45, 2.75) is 39.7 Å². The monoisotopic (exact) mass is 198 g/mol. The predicted octanol–water partition coefficient (Wildman–Crippen LogP) is 3.54. The Labute approximate surface area is 85.0 Å². The molecule has 1 rings (SSSR count). The summed E-state index contributed by atoms with van der Waals surface area (Å²) in [4.78, 5) is 3.02. The summed E-state index contributed by atoms with van der Waals surface area (Å²) in [6.45, 7) is 6.73. The van der Waals surface area contributed by atoms with Gasteiger partial charge in [0.2, 0.25) is 0 Å². The number of nitrogens with zero attached hydrogens (tertiary/aromatic N) is 1. The lowest BCUT2D eigenvalue weighted by molar-refractivity contribution is 0.396. The third-order valence-electron chi connectivity index (χ3n) is 2.59. The SMILES string of the molecule is CC[C@@H](C)C[C@@H](C)n1cc[nH]c1=S. The highest BCUT2D eigenvalue weighted by Crippen LogP contribution is 2.19. The first kappa shape index (κ1) is 10.5. The van der Waals surface area contributed by atoms with Gasteiger partial charge in [-0.3, -0.25) is 0 Å². The molecule has 0 unspecified atom stereocenters. The number of nitrogens with one attached hydrogen (secondary N) is 1. The van der Waals surface area contributed by atoms with Crippen LogP contribution in [0.4, 0.5) is 0 Å². The van der Waals surface area contributed by atoms with Gasteiger partial charge < -0.3 is 9.55 Å². The minimum Gasteiger partial charge on any atom is -0.337 e. The molecule has 0 aliphatic rings. The van der Waals surface area contributed by atoms with Crippen molar-refractivity contribution in [3.63, 3.8) is 0 Å². The van der Waals surface area contributed by atoms with Gasteiger partial charge >= 0.3 is 0 Å². The van der Waals surface area contributed by atoms with Crippen LogP contribution in [0.5, 0.6) is 0 Å². The van der Waals surface area contributed by atoms with Gasteiger partial charge in [0, 0.05) is 18.4 Å². The van der Waals surface area contributed by atoms with Gasteiger partial charge in [0.05, 0.1) is 0 Å². The van der Waals surface area contributed by atoms with Gasteiger partial charge in [-0.2, -0.15) is 0 Å². The maximum Gasteiger partial charge on any atom is 0.177 e. The number of H-pyrrole nitrogens is 1. The van der Waals surface area contributed by atoms with E-state index < -0.39 is 0 Å². The molecule has 0 amide bonds. The number of hydrogen-bond acceptors (Lipinski definition) is 1. The molecule has 0 bridgehead atoms. The van der Waals surface area contributed by atoms with Crippen LogP contribution in [0.25, 0.3) is 0 Å². The van der Waals surface area contributed by atoms with E-state index in [1.807, 2.05) is 12.4 Å². The number of hydrogen-bond donors (Lipinski definition) is 1. The predicted molar refractivity (Wildman–Crippen MR) is 58.4 cm³/mol. The van der Waals surface area contributed by atoms with Gasteiger partial charge in [0.25, 0.3) is 0 Å². The van der Waals surface area contributed by atoms with Crippen LogP contribution in [0.15, 0.2) is 12.4 Å². The van der Waals surface area contributed by atoms with Gasteiger partial charge in [-0.15, -0.1) is 0 Å². The standard InChI is InChI=1S/C10H18N2S/c1-4-8(2)7-9(3)12-6-5-11-10(12)13/h5-6,8-9H,4,7H2,1-3H3,(H,11,13)/t8-,9-/m1/s1. The molecule has 3 heteroatoms. The zero-order valence-electron chi connectivity index (χ0n) is 8.58. The summed E-state index contributed by atoms with van der Waals surface area (Å²) in [5.41, 5.74) is 0. The molecule has 13 heavy (non-hydrogen) atoms. The van der Waals surface area contributed by atoms with Crippen LogP contribution in [0.1, 0.15) is 39.7 Å². The van der Waals surface area contributed by atoms with Crippen molar-refractivity contribution >= 4 is 12.2 Å². The molecule has 0 radical (unpaired) electrons. The molecular formula is C10H18N2S. The van der Waals surface area contributed by atoms with Crippen molar-refractivity contribution in [3.05, 3.63) is 17.2 Å². The Morgan fingerprint density at radius 1 is 1.54 bits per heavy atom. The second-order valence-electron chi connectivity index (χ2n) is 3.77. The van der Waals surface area contributed by atoms with Gasteiger partial charge in [-0.25, -0.2) is 0 Å². The van der Waals surface area contributed by atoms with Crippen molar-refractivity contribution in [1.29, 1.82) is 0 Å². The Hall–Kier alpha value is -0.570. The van der Waals surface area contributed by atoms with E-state index in [2.05, 4.69) is 30.3 Å². The third-order valence-corrected chi connectivity index (χ3v) is 2.92. The molecule has 1 aromatic heterocycles. The number of aromatic amines is 1. The quantitative estimate of drug-likeness (QED) is 0.734. The van der Waals surface area contributed by atoms with E-state index in [4.69, 9.17) is 12.2 Å². The molecule has 2 nitrogen and oxygen atoms in total. The van der Waals surface area contributed by atoms with Crippen molar-refractivity contribution < 1.29 is 0 Å². The van der Waals surface area contributed by atoms with Crippen LogP contribution in [-0.4, -0.2) is 9.55 Å². The molecule has 1 N–H and O–H groups in total. The minimum absolute atomic E-state index is 0.508. The van der Waals surface area contributed by atoms with Gasteiger partial charge in [0.15, 0.2) is 4.77 Å². The van der Waals surface area contributed by atoms with Crippen molar-refractivity contribution in [2.24, 2.45) is 5.92 Å². The summed E-state index contributed by atoms with van der Waals surface area (Å²) in [6.07, 6.45) is 6.36. The summed E-state index contributed by atoms with van der Waals surface area (Å²) in [6, 6.07) is 0.508. The smallest absolute Gasteiger partial charge is 0.177 e. The first-order valence-electron chi connectivity index (χ1n) is 4.90. The number of imidazole rings is 1. The van der Waals surface area contributed by atoms with Crippen LogP contribution in [-0.2, 0) is 0 Å². The van der Waals surface area contributed by atoms with E-state index in [1.165, 1.54) is 12.8 Å². The zero-order chi connectivity index (χ0) is 9.84. The third kappa shape index (κ3) is 2.69. The molecule has 0 aliphatic carbocycles. The zero-order valence-corrected chi connectivity index (χ0v) is 9.40. The van der Waals surface area contributed by atoms with E-state index in [1.54, 1.807) is 0 Å². The van der Waals surface area contributed by atoms with E-state index in [-0.39, 0.29) is 0 Å². The van der Waals surface area contributed by atoms with Gasteiger partial charge in [-0.05, 0) is 31.5 Å². The number of aromatic nitrogens is 2. The molecule has 0 aromatic carbocycles. The molecule has 0 saturated heterocycles. The van der Waals surface area contributed by atoms with Crippen LogP contribution in [0.2, 0.25) is 0 Å². The maximum absolute atomic E-state index is 5.16. The summed E-state index contributed by atoms with van der Waals surface area (Å²) in [5.74, 6) is 0.770. The summed E-state index contributed by atoms with van der Waals surface area (Å²) >= 11 is 5.16. The molecule has 1 heterocycles. The van der Waals surface area contributed by atoms with E-state index in [0.717, 1.165) is 10.7 Å². The van der Waals surface area contributed by atoms with Gasteiger partial charge in [-0.1, -0.05) is 20.3 Å². The molecule has 1 aromatic rings. The first-order valence-corrected chi connectivity index (χ1v) is 5.31. The average molecular weight is 198 g/mol. The Balaban J connectivity index is 2.63. The molecule has 0 aliphatic heterocycles. The second-order valence-corrected chi connectivity index (χ2v) is 4.16. The van der Waals surface area contributed by atoms with Crippen molar-refractivity contribution in [2.75, 3.05) is 0 Å². The number of rotatable bonds is 4. The molecular weight excluding hydrogens is 180 g/mol. The fourth-order valence-electron chi connectivity index (χ4n) is 1.54. The molecule has 0 fully saturated rings. The Bertz CT molecular complexity index is 300. The van der Waals surface area contributed by atoms with E-state index in [0.29, 0.717) is 6.04 Å². The van der Waals surface area contributed by atoms with Crippen LogP contribution in [0.3, 0.4) is 0 Å². The summed E-state index contributed by atoms with van der Waals surface area (Å²) in [7, 11) is 0. The second kappa shape index (κ2) is 4.61. The van der Waals surface area contributed by atoms with E-state index in [9.17, 15) is 0 Å². The Morgan fingerprint density at radius 2 is 2.23 bits per heavy atom. The molecule has 2 atom stereocenters. The van der Waals surface area contributed by atoms with Crippen molar-refractivity contribution in [1.82, 2.24) is 9.55 Å². The fourth-order valence-corrected chi connectivity index (χ4v) is 1.85. The summed E-state index contributed by atoms with van der Waals surface area (Å²) in [5, 5.41) is 0. The lowest BCUT2D eigenvalue weighted by Gasteiger charge is -2.16.